The topological polar surface area (TPSA) is 108 Å². The molecule has 4 N–H and O–H groups in total. The number of benzene rings is 6. The van der Waals surface area contributed by atoms with Crippen molar-refractivity contribution in [3.63, 3.8) is 0 Å². The first-order valence-corrected chi connectivity index (χ1v) is 22.9. The van der Waals surface area contributed by atoms with Crippen molar-refractivity contribution in [1.82, 2.24) is 30.0 Å². The van der Waals surface area contributed by atoms with E-state index in [0.29, 0.717) is 37.6 Å². The van der Waals surface area contributed by atoms with E-state index < -0.39 is 5.97 Å². The van der Waals surface area contributed by atoms with Crippen LogP contribution in [0.5, 0.6) is 0 Å². The molecule has 349 valence electrons. The minimum absolute atomic E-state index is 0. The second-order valence-corrected chi connectivity index (χ2v) is 17.6. The molecule has 0 saturated carbocycles. The van der Waals surface area contributed by atoms with Crippen LogP contribution in [0.1, 0.15) is 76.3 Å². The van der Waals surface area contributed by atoms with E-state index in [4.69, 9.17) is 31.0 Å². The van der Waals surface area contributed by atoms with Crippen LogP contribution in [0, 0.1) is 31.1 Å². The maximum atomic E-state index is 13.4. The summed E-state index contributed by atoms with van der Waals surface area (Å²) in [5, 5.41) is 14.9. The first kappa shape index (κ1) is 50.8. The number of nitrogens with one attached hydrogen (secondary N) is 3. The van der Waals surface area contributed by atoms with Crippen LogP contribution in [-0.2, 0) is 0 Å². The minimum atomic E-state index is -1.01. The van der Waals surface area contributed by atoms with Gasteiger partial charge in [-0.2, -0.15) is 0 Å². The van der Waals surface area contributed by atoms with E-state index in [1.165, 1.54) is 22.3 Å². The Morgan fingerprint density at radius 3 is 1.46 bits per heavy atom. The molecule has 10 rings (SSSR count). The predicted octanol–water partition coefficient (Wildman–Crippen LogP) is 11.1. The Morgan fingerprint density at radius 1 is 0.632 bits per heavy atom. The van der Waals surface area contributed by atoms with Gasteiger partial charge in [-0.25, -0.2) is 4.79 Å². The van der Waals surface area contributed by atoms with Crippen molar-refractivity contribution in [2.75, 3.05) is 39.3 Å². The summed E-state index contributed by atoms with van der Waals surface area (Å²) in [6.07, 6.45) is 3.61. The van der Waals surface area contributed by atoms with E-state index in [2.05, 4.69) is 160 Å². The number of carboxylic acids is 1. The number of amides is 1. The van der Waals surface area contributed by atoms with Crippen LogP contribution in [-0.4, -0.2) is 104 Å². The van der Waals surface area contributed by atoms with Crippen LogP contribution < -0.4 is 5.32 Å². The molecule has 13 heteroatoms. The smallest absolute Gasteiger partial charge is 0.337 e. The third-order valence-electron chi connectivity index (χ3n) is 12.3. The van der Waals surface area contributed by atoms with Crippen LogP contribution in [0.3, 0.4) is 0 Å². The van der Waals surface area contributed by atoms with Crippen molar-refractivity contribution >= 4 is 65.2 Å². The van der Waals surface area contributed by atoms with E-state index in [1.807, 2.05) is 29.3 Å². The Labute approximate surface area is 438 Å². The van der Waals surface area contributed by atoms with E-state index in [9.17, 15) is 9.59 Å². The Hall–Kier alpha value is -5.08. The van der Waals surface area contributed by atoms with Gasteiger partial charge in [0, 0.05) is 117 Å². The summed E-state index contributed by atoms with van der Waals surface area (Å²) in [4.78, 5) is 37.2. The fraction of sp³-hybridized carbons (Fsp3) is 0.236. The molecule has 0 spiro atoms. The van der Waals surface area contributed by atoms with Crippen LogP contribution in [0.25, 0.3) is 21.8 Å². The number of rotatable bonds is 8. The molecule has 2 saturated heterocycles. The molecule has 0 bridgehead atoms. The van der Waals surface area contributed by atoms with Gasteiger partial charge in [-0.1, -0.05) is 152 Å². The number of nitrogens with zero attached hydrogens (tertiary/aromatic N) is 3. The number of halogens is 2. The Kier molecular flexibility index (Phi) is 19.0. The number of carboxylic acid groups (broad SMARTS) is 1. The summed E-state index contributed by atoms with van der Waals surface area (Å²) in [5.41, 5.74) is 7.79. The van der Waals surface area contributed by atoms with E-state index in [0.717, 1.165) is 54.5 Å². The number of aromatic amines is 2. The quantitative estimate of drug-likeness (QED) is 0.113. The number of hydrogen-bond donors (Lipinski definition) is 4. The largest absolute Gasteiger partial charge is 0.478 e. The number of H-pyrrole nitrogens is 2. The van der Waals surface area contributed by atoms with Crippen molar-refractivity contribution in [1.29, 1.82) is 2.67 Å². The Balaban J connectivity index is 0.000000205. The third kappa shape index (κ3) is 13.0. The molecule has 1 amide bonds. The SMILES string of the molecule is C.C[C@@H]1CN(C(c2ccccc2)c2ccccc2)CCN1.C[C@@H]1CN(C(c2ccccc2)c2ccccc2)CCN1C(=O)c1cc2cc[nH]c2cc1Cl.O=C(O)c1cc2cc[nH]c2cc1Cl.[3H][B][3H].[U]. The van der Waals surface area contributed by atoms with Crippen molar-refractivity contribution in [2.24, 2.45) is 0 Å². The van der Waals surface area contributed by atoms with Crippen molar-refractivity contribution in [2.45, 2.75) is 45.4 Å². The normalized spacial score (nSPS) is 16.3. The standard InChI is InChI=1S/C27H26ClN3O.C18H22N2.C9H6ClNO2.CH4.BH2.U/c1-19-18-30(26(20-8-4-2-5-9-20)21-10-6-3-7-11-21)14-15-31(19)27(32)23-16-22-12-13-29-25(22)17-24(23)28;1-15-14-20(13-12-19-15)18(16-8-4-2-5-9-16)17-10-6-3-7-11-17;10-7-4-8-5(1-2-11-8)3-6(7)9(12)13;;;/h2-13,16-17,19,26,29H,14-15,18H2,1H3;2-11,15,18-19H,12-14H2,1H3;1-4,11H,(H,12,13);1H4;1H2;/t19-;15-;;;;/m11..../s1/i;;;;1T2;. The molecule has 0 aliphatic carbocycles. The molecule has 2 fully saturated rings. The van der Waals surface area contributed by atoms with Gasteiger partial charge in [-0.3, -0.25) is 14.6 Å². The van der Waals surface area contributed by atoms with Gasteiger partial charge < -0.3 is 25.3 Å². The molecule has 8 aromatic rings. The molecule has 0 unspecified atom stereocenters. The van der Waals surface area contributed by atoms with Crippen molar-refractivity contribution in [3.05, 3.63) is 214 Å². The Bertz CT molecular complexity index is 2770. The summed E-state index contributed by atoms with van der Waals surface area (Å²) in [5.74, 6) is -1.01. The molecular weight excluding hydrogens is 1110 g/mol. The van der Waals surface area contributed by atoms with E-state index in [1.54, 1.807) is 24.4 Å². The monoisotopic (exact) mass is 1180 g/mol. The van der Waals surface area contributed by atoms with E-state index >= 15 is 0 Å². The molecule has 2 atom stereocenters. The van der Waals surface area contributed by atoms with Gasteiger partial charge in [-0.15, -0.1) is 0 Å². The molecule has 2 aliphatic rings. The molecular formula is C55H60BCl2N6O3U. The molecule has 1 radical (unpaired) electrons. The zero-order valence-electron chi connectivity index (χ0n) is 39.7. The number of hydrogen-bond acceptors (Lipinski definition) is 5. The van der Waals surface area contributed by atoms with Crippen LogP contribution in [0.2, 0.25) is 10.0 Å². The van der Waals surface area contributed by atoms with Gasteiger partial charge in [0.15, 0.2) is 0 Å². The number of aromatic carboxylic acids is 1. The zero-order chi connectivity index (χ0) is 48.0. The average molecular weight is 1180 g/mol. The second kappa shape index (κ2) is 25.5. The van der Waals surface area contributed by atoms with Gasteiger partial charge >= 0.3 is 5.97 Å². The number of piperazine rings is 2. The third-order valence-corrected chi connectivity index (χ3v) is 12.9. The fourth-order valence-electron chi connectivity index (χ4n) is 9.12. The first-order chi connectivity index (χ1) is 33.1. The Morgan fingerprint density at radius 2 is 1.04 bits per heavy atom. The number of carbonyl (C=O) groups is 2. The molecule has 68 heavy (non-hydrogen) atoms. The first-order valence-electron chi connectivity index (χ1n) is 23.3. The zero-order valence-corrected chi connectivity index (χ0v) is 43.3. The van der Waals surface area contributed by atoms with Gasteiger partial charge in [0.05, 0.1) is 41.6 Å². The van der Waals surface area contributed by atoms with Crippen molar-refractivity contribution in [3.8, 4) is 0 Å². The molecule has 2 aliphatic heterocycles. The summed E-state index contributed by atoms with van der Waals surface area (Å²) >= 11 is 12.2. The fourth-order valence-corrected chi connectivity index (χ4v) is 9.61. The second-order valence-electron chi connectivity index (χ2n) is 16.7. The van der Waals surface area contributed by atoms with Gasteiger partial charge in [-0.05, 0) is 75.2 Å². The average Bonchev–Trinajstić information content (AvgIpc) is 4.02. The van der Waals surface area contributed by atoms with Crippen LogP contribution in [0.15, 0.2) is 170 Å². The van der Waals surface area contributed by atoms with Crippen molar-refractivity contribution < 1.29 is 45.8 Å². The molecule has 6 aromatic carbocycles. The number of carbonyl (C=O) groups excluding carboxylic acids is 1. The summed E-state index contributed by atoms with van der Waals surface area (Å²) in [6, 6.07) is 54.7. The minimum Gasteiger partial charge on any atom is -0.478 e. The molecule has 2 aromatic heterocycles. The summed E-state index contributed by atoms with van der Waals surface area (Å²) in [7, 11) is 0.500. The van der Waals surface area contributed by atoms with Crippen LogP contribution in [0.4, 0.5) is 0 Å². The number of fused-ring (bicyclic) bond motifs is 2. The molecule has 4 heterocycles. The van der Waals surface area contributed by atoms with Gasteiger partial charge in [0.1, 0.15) is 0 Å². The summed E-state index contributed by atoms with van der Waals surface area (Å²) < 4.78 is 11.5. The summed E-state index contributed by atoms with van der Waals surface area (Å²) in [6.45, 7) is 9.90. The maximum absolute atomic E-state index is 13.4. The van der Waals surface area contributed by atoms with E-state index in [-0.39, 0.29) is 67.1 Å². The molecule has 9 nitrogen and oxygen atoms in total. The number of aromatic nitrogens is 2. The van der Waals surface area contributed by atoms with Crippen LogP contribution >= 0.6 is 23.2 Å². The van der Waals surface area contributed by atoms with Gasteiger partial charge in [0.25, 0.3) is 5.91 Å². The maximum Gasteiger partial charge on any atom is 0.337 e. The predicted molar refractivity (Wildman–Crippen MR) is 279 cm³/mol. The van der Waals surface area contributed by atoms with Gasteiger partial charge in [0.2, 0.25) is 0 Å².